The molecule has 0 fully saturated rings. The Balaban J connectivity index is 2.12. The van der Waals surface area contributed by atoms with Gasteiger partial charge in [-0.15, -0.1) is 0 Å². The third kappa shape index (κ3) is 4.15. The molecule has 0 unspecified atom stereocenters. The van der Waals surface area contributed by atoms with Gasteiger partial charge < -0.3 is 9.64 Å². The van der Waals surface area contributed by atoms with Crippen molar-refractivity contribution in [2.45, 2.75) is 41.0 Å². The zero-order chi connectivity index (χ0) is 21.8. The lowest BCUT2D eigenvalue weighted by molar-refractivity contribution is -0.130. The summed E-state index contributed by atoms with van der Waals surface area (Å²) in [6.45, 7) is 10.8. The van der Waals surface area contributed by atoms with Gasteiger partial charge in [0.2, 0.25) is 5.91 Å². The van der Waals surface area contributed by atoms with Crippen LogP contribution in [0.1, 0.15) is 36.4 Å². The van der Waals surface area contributed by atoms with E-state index in [-0.39, 0.29) is 18.9 Å². The molecule has 1 amide bonds. The molecule has 7 heteroatoms. The minimum atomic E-state index is -0.532. The fraction of sp³-hybridized carbons (Fsp3) is 0.435. The number of aromatic nitrogens is 3. The number of likely N-dealkylation sites (N-methyl/N-ethyl adjacent to an activating group) is 1. The second-order valence-corrected chi connectivity index (χ2v) is 7.27. The van der Waals surface area contributed by atoms with E-state index >= 15 is 0 Å². The second kappa shape index (κ2) is 9.24. The minimum absolute atomic E-state index is 0.0268. The standard InChI is InChI=1S/C23H29FN4O2/c1-6-27(7-2)21(29)14-20-22(18-8-10-19(11-9-18)30-13-12-24)26-28-17(5)15(3)16(4)25-23(20)28/h8-11H,6-7,12-14H2,1-5H3. The number of rotatable bonds is 8. The van der Waals surface area contributed by atoms with Crippen molar-refractivity contribution in [3.05, 3.63) is 46.8 Å². The molecule has 0 aliphatic rings. The van der Waals surface area contributed by atoms with Crippen molar-refractivity contribution < 1.29 is 13.9 Å². The van der Waals surface area contributed by atoms with Crippen LogP contribution in [0.4, 0.5) is 4.39 Å². The Morgan fingerprint density at radius 1 is 1.13 bits per heavy atom. The third-order valence-electron chi connectivity index (χ3n) is 5.55. The molecule has 0 atom stereocenters. The van der Waals surface area contributed by atoms with Crippen LogP contribution in [-0.2, 0) is 11.2 Å². The van der Waals surface area contributed by atoms with E-state index in [0.29, 0.717) is 24.5 Å². The van der Waals surface area contributed by atoms with Crippen LogP contribution in [0.5, 0.6) is 5.75 Å². The molecule has 0 N–H and O–H groups in total. The molecule has 0 aliphatic heterocycles. The van der Waals surface area contributed by atoms with E-state index in [1.54, 1.807) is 12.1 Å². The Kier molecular flexibility index (Phi) is 6.70. The molecule has 3 rings (SSSR count). The largest absolute Gasteiger partial charge is 0.491 e. The lowest BCUT2D eigenvalue weighted by Crippen LogP contribution is -2.31. The highest BCUT2D eigenvalue weighted by Crippen LogP contribution is 2.29. The van der Waals surface area contributed by atoms with Crippen LogP contribution in [-0.4, -0.2) is 51.8 Å². The summed E-state index contributed by atoms with van der Waals surface area (Å²) in [6.07, 6.45) is 0.232. The van der Waals surface area contributed by atoms with Gasteiger partial charge in [-0.25, -0.2) is 13.9 Å². The van der Waals surface area contributed by atoms with Gasteiger partial charge in [0.1, 0.15) is 19.0 Å². The summed E-state index contributed by atoms with van der Waals surface area (Å²) in [4.78, 5) is 19.5. The zero-order valence-electron chi connectivity index (χ0n) is 18.3. The average molecular weight is 413 g/mol. The van der Waals surface area contributed by atoms with Crippen molar-refractivity contribution >= 4 is 11.6 Å². The predicted octanol–water partition coefficient (Wildman–Crippen LogP) is 4.08. The van der Waals surface area contributed by atoms with Crippen molar-refractivity contribution in [2.75, 3.05) is 26.4 Å². The maximum Gasteiger partial charge on any atom is 0.227 e. The highest BCUT2D eigenvalue weighted by Gasteiger charge is 2.22. The molecule has 0 aliphatic carbocycles. The second-order valence-electron chi connectivity index (χ2n) is 7.27. The van der Waals surface area contributed by atoms with Crippen LogP contribution < -0.4 is 4.74 Å². The summed E-state index contributed by atoms with van der Waals surface area (Å²) in [5, 5.41) is 4.82. The summed E-state index contributed by atoms with van der Waals surface area (Å²) in [5.41, 5.74) is 6.13. The third-order valence-corrected chi connectivity index (χ3v) is 5.55. The monoisotopic (exact) mass is 412 g/mol. The molecule has 0 spiro atoms. The highest BCUT2D eigenvalue weighted by molar-refractivity contribution is 5.84. The van der Waals surface area contributed by atoms with Crippen molar-refractivity contribution in [2.24, 2.45) is 0 Å². The first-order valence-electron chi connectivity index (χ1n) is 10.3. The number of hydrogen-bond acceptors (Lipinski definition) is 4. The van der Waals surface area contributed by atoms with Crippen LogP contribution in [0, 0.1) is 20.8 Å². The molecule has 3 aromatic rings. The minimum Gasteiger partial charge on any atom is -0.491 e. The predicted molar refractivity (Wildman–Crippen MR) is 116 cm³/mol. The molecular weight excluding hydrogens is 383 g/mol. The molecule has 0 saturated heterocycles. The van der Waals surface area contributed by atoms with Gasteiger partial charge in [-0.3, -0.25) is 4.79 Å². The first-order valence-corrected chi connectivity index (χ1v) is 10.3. The first-order chi connectivity index (χ1) is 14.4. The molecule has 2 aromatic heterocycles. The van der Waals surface area contributed by atoms with E-state index < -0.39 is 6.67 Å². The molecule has 0 saturated carbocycles. The van der Waals surface area contributed by atoms with Crippen LogP contribution in [0.2, 0.25) is 0 Å². The summed E-state index contributed by atoms with van der Waals surface area (Å²) >= 11 is 0. The first kappa shape index (κ1) is 21.7. The SMILES string of the molecule is CCN(CC)C(=O)Cc1c(-c2ccc(OCCF)cc2)nn2c(C)c(C)c(C)nc12. The number of benzene rings is 1. The smallest absolute Gasteiger partial charge is 0.227 e. The molecule has 2 heterocycles. The Hall–Kier alpha value is -2.96. The normalized spacial score (nSPS) is 11.1. The lowest BCUT2D eigenvalue weighted by atomic mass is 10.0. The van der Waals surface area contributed by atoms with Crippen molar-refractivity contribution in [3.8, 4) is 17.0 Å². The molecular formula is C23H29FN4O2. The topological polar surface area (TPSA) is 59.7 Å². The van der Waals surface area contributed by atoms with Gasteiger partial charge in [-0.05, 0) is 64.4 Å². The number of ether oxygens (including phenoxy) is 1. The Morgan fingerprint density at radius 3 is 2.40 bits per heavy atom. The van der Waals surface area contributed by atoms with Crippen molar-refractivity contribution in [3.63, 3.8) is 0 Å². The van der Waals surface area contributed by atoms with Crippen molar-refractivity contribution in [1.82, 2.24) is 19.5 Å². The zero-order valence-corrected chi connectivity index (χ0v) is 18.3. The quantitative estimate of drug-likeness (QED) is 0.559. The van der Waals surface area contributed by atoms with E-state index in [2.05, 4.69) is 0 Å². The number of nitrogens with zero attached hydrogens (tertiary/aromatic N) is 4. The Morgan fingerprint density at radius 2 is 1.80 bits per heavy atom. The molecule has 6 nitrogen and oxygen atoms in total. The summed E-state index contributed by atoms with van der Waals surface area (Å²) < 4.78 is 19.5. The van der Waals surface area contributed by atoms with Crippen molar-refractivity contribution in [1.29, 1.82) is 0 Å². The van der Waals surface area contributed by atoms with Crippen LogP contribution in [0.15, 0.2) is 24.3 Å². The maximum atomic E-state index is 12.9. The van der Waals surface area contributed by atoms with Crippen LogP contribution in [0.25, 0.3) is 16.9 Å². The number of alkyl halides is 1. The lowest BCUT2D eigenvalue weighted by Gasteiger charge is -2.18. The van der Waals surface area contributed by atoms with Crippen LogP contribution in [0.3, 0.4) is 0 Å². The Bertz CT molecular complexity index is 1040. The molecule has 0 radical (unpaired) electrons. The number of hydrogen-bond donors (Lipinski definition) is 0. The van der Waals surface area contributed by atoms with Gasteiger partial charge >= 0.3 is 0 Å². The van der Waals surface area contributed by atoms with Gasteiger partial charge in [0.15, 0.2) is 5.65 Å². The van der Waals surface area contributed by atoms with Gasteiger partial charge in [0, 0.05) is 35.6 Å². The van der Waals surface area contributed by atoms with Gasteiger partial charge in [-0.1, -0.05) is 0 Å². The Labute approximate surface area is 176 Å². The fourth-order valence-corrected chi connectivity index (χ4v) is 3.55. The van der Waals surface area contributed by atoms with E-state index in [1.807, 2.05) is 56.2 Å². The number of carbonyl (C=O) groups is 1. The van der Waals surface area contributed by atoms with E-state index in [9.17, 15) is 9.18 Å². The molecule has 160 valence electrons. The number of aryl methyl sites for hydroxylation is 2. The van der Waals surface area contributed by atoms with Gasteiger partial charge in [0.05, 0.1) is 12.1 Å². The van der Waals surface area contributed by atoms with Gasteiger partial charge in [-0.2, -0.15) is 5.10 Å². The van der Waals surface area contributed by atoms with E-state index in [0.717, 1.165) is 33.8 Å². The van der Waals surface area contributed by atoms with Gasteiger partial charge in [0.25, 0.3) is 0 Å². The summed E-state index contributed by atoms with van der Waals surface area (Å²) in [7, 11) is 0. The van der Waals surface area contributed by atoms with Crippen LogP contribution >= 0.6 is 0 Å². The number of halogens is 1. The maximum absolute atomic E-state index is 12.9. The highest BCUT2D eigenvalue weighted by atomic mass is 19.1. The average Bonchev–Trinajstić information content (AvgIpc) is 3.10. The van der Waals surface area contributed by atoms with E-state index in [1.165, 1.54) is 0 Å². The molecule has 0 bridgehead atoms. The number of amides is 1. The number of fused-ring (bicyclic) bond motifs is 1. The summed E-state index contributed by atoms with van der Waals surface area (Å²) in [5.74, 6) is 0.652. The van der Waals surface area contributed by atoms with E-state index in [4.69, 9.17) is 14.8 Å². The molecule has 1 aromatic carbocycles. The number of carbonyl (C=O) groups excluding carboxylic acids is 1. The summed E-state index contributed by atoms with van der Waals surface area (Å²) in [6, 6.07) is 7.36. The fourth-order valence-electron chi connectivity index (χ4n) is 3.55. The molecule has 30 heavy (non-hydrogen) atoms.